The zero-order valence-corrected chi connectivity index (χ0v) is 24.8. The molecule has 2 aliphatic rings. The van der Waals surface area contributed by atoms with Gasteiger partial charge in [0.15, 0.2) is 12.1 Å². The molecule has 2 fully saturated rings. The number of ether oxygens (including phenoxy) is 3. The first-order chi connectivity index (χ1) is 19.7. The fourth-order valence-corrected chi connectivity index (χ4v) is 5.97. The predicted molar refractivity (Wildman–Crippen MR) is 159 cm³/mol. The summed E-state index contributed by atoms with van der Waals surface area (Å²) in [7, 11) is 0. The van der Waals surface area contributed by atoms with Crippen LogP contribution in [0.25, 0.3) is 11.4 Å². The van der Waals surface area contributed by atoms with Crippen LogP contribution in [0.3, 0.4) is 0 Å². The van der Waals surface area contributed by atoms with E-state index in [0.717, 1.165) is 30.7 Å². The fraction of sp³-hybridized carbons (Fsp3) is 0.676. The van der Waals surface area contributed by atoms with Crippen LogP contribution in [0.15, 0.2) is 36.7 Å². The van der Waals surface area contributed by atoms with Crippen LogP contribution in [0.5, 0.6) is 5.75 Å². The Morgan fingerprint density at radius 3 is 2.08 bits per heavy atom. The van der Waals surface area contributed by atoms with E-state index in [0.29, 0.717) is 30.7 Å². The number of nitrogens with zero attached hydrogens (tertiary/aromatic N) is 2. The summed E-state index contributed by atoms with van der Waals surface area (Å²) in [4.78, 5) is 21.9. The SMILES string of the molecule is CCCCCCCC[C@H]1CC[C@H](c2cnc(-c3ccc(OC(=O)C4COC(CCCCC)OC4)cc3)nc2)CC1. The highest BCUT2D eigenvalue weighted by Crippen LogP contribution is 2.37. The van der Waals surface area contributed by atoms with Gasteiger partial charge >= 0.3 is 5.97 Å². The fourth-order valence-electron chi connectivity index (χ4n) is 5.97. The van der Waals surface area contributed by atoms with Gasteiger partial charge in [0.2, 0.25) is 0 Å². The van der Waals surface area contributed by atoms with E-state index in [2.05, 4.69) is 23.8 Å². The van der Waals surface area contributed by atoms with Crippen LogP contribution in [0.1, 0.15) is 122 Å². The van der Waals surface area contributed by atoms with Gasteiger partial charge in [0, 0.05) is 18.0 Å². The van der Waals surface area contributed by atoms with Crippen LogP contribution in [-0.4, -0.2) is 35.4 Å². The van der Waals surface area contributed by atoms with Gasteiger partial charge in [-0.25, -0.2) is 9.97 Å². The zero-order valence-electron chi connectivity index (χ0n) is 24.8. The molecule has 0 unspecified atom stereocenters. The van der Waals surface area contributed by atoms with E-state index in [4.69, 9.17) is 14.2 Å². The Morgan fingerprint density at radius 1 is 0.800 bits per heavy atom. The van der Waals surface area contributed by atoms with Gasteiger partial charge in [-0.2, -0.15) is 0 Å². The molecule has 0 atom stereocenters. The first kappa shape index (κ1) is 30.6. The van der Waals surface area contributed by atoms with Crippen molar-refractivity contribution in [2.75, 3.05) is 13.2 Å². The third kappa shape index (κ3) is 9.66. The van der Waals surface area contributed by atoms with Crippen molar-refractivity contribution >= 4 is 5.97 Å². The first-order valence-electron chi connectivity index (χ1n) is 16.0. The van der Waals surface area contributed by atoms with Crippen LogP contribution in [0.4, 0.5) is 0 Å². The lowest BCUT2D eigenvalue weighted by Crippen LogP contribution is -2.38. The predicted octanol–water partition coefficient (Wildman–Crippen LogP) is 8.64. The molecule has 0 spiro atoms. The normalized spacial score (nSPS) is 23.1. The van der Waals surface area contributed by atoms with E-state index in [1.165, 1.54) is 82.6 Å². The van der Waals surface area contributed by atoms with Crippen LogP contribution < -0.4 is 4.74 Å². The van der Waals surface area contributed by atoms with Gasteiger partial charge in [-0.05, 0) is 80.2 Å². The molecular weight excluding hydrogens is 500 g/mol. The van der Waals surface area contributed by atoms with Crippen LogP contribution in [0, 0.1) is 11.8 Å². The van der Waals surface area contributed by atoms with Crippen molar-refractivity contribution in [3.63, 3.8) is 0 Å². The molecule has 1 saturated heterocycles. The lowest BCUT2D eigenvalue weighted by atomic mass is 9.77. The Morgan fingerprint density at radius 2 is 1.40 bits per heavy atom. The summed E-state index contributed by atoms with van der Waals surface area (Å²) in [6.45, 7) is 5.14. The molecule has 1 aromatic carbocycles. The second-order valence-electron chi connectivity index (χ2n) is 11.8. The van der Waals surface area contributed by atoms with Gasteiger partial charge in [-0.1, -0.05) is 71.6 Å². The lowest BCUT2D eigenvalue weighted by molar-refractivity contribution is -0.208. The summed E-state index contributed by atoms with van der Waals surface area (Å²) in [5, 5.41) is 0. The van der Waals surface area contributed by atoms with Crippen molar-refractivity contribution in [2.45, 2.75) is 122 Å². The van der Waals surface area contributed by atoms with Gasteiger partial charge in [0.1, 0.15) is 11.7 Å². The largest absolute Gasteiger partial charge is 0.426 e. The number of carbonyl (C=O) groups is 1. The third-order valence-corrected chi connectivity index (χ3v) is 8.63. The van der Waals surface area contributed by atoms with Gasteiger partial charge in [-0.3, -0.25) is 4.79 Å². The average Bonchev–Trinajstić information content (AvgIpc) is 3.00. The van der Waals surface area contributed by atoms with Crippen molar-refractivity contribution in [1.82, 2.24) is 9.97 Å². The molecule has 6 nitrogen and oxygen atoms in total. The monoisotopic (exact) mass is 550 g/mol. The summed E-state index contributed by atoms with van der Waals surface area (Å²) in [5.74, 6) is 1.97. The van der Waals surface area contributed by atoms with E-state index in [-0.39, 0.29) is 12.3 Å². The van der Waals surface area contributed by atoms with Crippen molar-refractivity contribution in [3.8, 4) is 17.1 Å². The molecule has 1 saturated carbocycles. The topological polar surface area (TPSA) is 70.5 Å². The molecule has 0 radical (unpaired) electrons. The molecule has 0 N–H and O–H groups in total. The summed E-state index contributed by atoms with van der Waals surface area (Å²) >= 11 is 0. The molecule has 40 heavy (non-hydrogen) atoms. The van der Waals surface area contributed by atoms with Gasteiger partial charge < -0.3 is 14.2 Å². The maximum Gasteiger partial charge on any atom is 0.319 e. The van der Waals surface area contributed by atoms with Crippen molar-refractivity contribution in [1.29, 1.82) is 0 Å². The molecule has 0 bridgehead atoms. The second kappa shape index (κ2) is 16.8. The van der Waals surface area contributed by atoms with E-state index >= 15 is 0 Å². The third-order valence-electron chi connectivity index (χ3n) is 8.63. The van der Waals surface area contributed by atoms with E-state index in [1.54, 1.807) is 12.1 Å². The molecule has 2 aromatic rings. The van der Waals surface area contributed by atoms with Crippen LogP contribution in [0.2, 0.25) is 0 Å². The summed E-state index contributed by atoms with van der Waals surface area (Å²) in [6, 6.07) is 7.41. The van der Waals surface area contributed by atoms with Crippen molar-refractivity contribution in [2.24, 2.45) is 11.8 Å². The second-order valence-corrected chi connectivity index (χ2v) is 11.8. The highest BCUT2D eigenvalue weighted by Gasteiger charge is 2.29. The number of carbonyl (C=O) groups excluding carboxylic acids is 1. The number of benzene rings is 1. The molecular formula is C34H50N2O4. The summed E-state index contributed by atoms with van der Waals surface area (Å²) < 4.78 is 17.0. The minimum absolute atomic E-state index is 0.203. The Balaban J connectivity index is 1.17. The summed E-state index contributed by atoms with van der Waals surface area (Å²) in [6.07, 6.45) is 23.0. The highest BCUT2D eigenvalue weighted by atomic mass is 16.7. The number of esters is 1. The van der Waals surface area contributed by atoms with Crippen LogP contribution in [-0.2, 0) is 14.3 Å². The Bertz CT molecular complexity index is 978. The highest BCUT2D eigenvalue weighted by molar-refractivity contribution is 5.75. The van der Waals surface area contributed by atoms with Gasteiger partial charge in [-0.15, -0.1) is 0 Å². The van der Waals surface area contributed by atoms with E-state index < -0.39 is 5.92 Å². The van der Waals surface area contributed by atoms with Gasteiger partial charge in [0.25, 0.3) is 0 Å². The van der Waals surface area contributed by atoms with Crippen molar-refractivity contribution in [3.05, 3.63) is 42.2 Å². The summed E-state index contributed by atoms with van der Waals surface area (Å²) in [5.41, 5.74) is 2.17. The molecule has 6 heteroatoms. The molecule has 1 aromatic heterocycles. The minimum atomic E-state index is -0.399. The standard InChI is InChI=1S/C34H50N2O4/c1-3-5-7-8-9-11-12-26-14-16-27(17-15-26)29-22-35-33(36-23-29)28-18-20-31(21-19-28)40-34(37)30-24-38-32(39-25-30)13-10-6-4-2/h18-23,26-27,30,32H,3-17,24-25H2,1-2H3/t26-,27-,30?,32?. The Hall–Kier alpha value is -2.31. The van der Waals surface area contributed by atoms with Crippen molar-refractivity contribution < 1.29 is 19.0 Å². The Labute approximate surface area is 241 Å². The number of aromatic nitrogens is 2. The maximum absolute atomic E-state index is 12.6. The van der Waals surface area contributed by atoms with E-state index in [1.807, 2.05) is 24.5 Å². The lowest BCUT2D eigenvalue weighted by Gasteiger charge is -2.28. The number of rotatable bonds is 15. The smallest absolute Gasteiger partial charge is 0.319 e. The first-order valence-corrected chi connectivity index (χ1v) is 16.0. The van der Waals surface area contributed by atoms with E-state index in [9.17, 15) is 4.79 Å². The molecule has 2 heterocycles. The molecule has 1 aliphatic carbocycles. The van der Waals surface area contributed by atoms with Gasteiger partial charge in [0.05, 0.1) is 13.2 Å². The molecule has 220 valence electrons. The van der Waals surface area contributed by atoms with Crippen LogP contribution >= 0.6 is 0 Å². The zero-order chi connectivity index (χ0) is 28.0. The maximum atomic E-state index is 12.6. The number of unbranched alkanes of at least 4 members (excludes halogenated alkanes) is 7. The number of hydrogen-bond donors (Lipinski definition) is 0. The molecule has 4 rings (SSSR count). The minimum Gasteiger partial charge on any atom is -0.426 e. The molecule has 1 aliphatic heterocycles. The quantitative estimate of drug-likeness (QED) is 0.126. The number of hydrogen-bond acceptors (Lipinski definition) is 6. The Kier molecular flexibility index (Phi) is 12.9. The molecule has 0 amide bonds. The average molecular weight is 551 g/mol.